The minimum atomic E-state index is 0.0112. The number of halogens is 1. The maximum Gasteiger partial charge on any atom is 0.120 e. The lowest BCUT2D eigenvalue weighted by molar-refractivity contribution is 0.415. The van der Waals surface area contributed by atoms with E-state index in [1.165, 1.54) is 0 Å². The molecule has 1 heterocycles. The Hall–Kier alpha value is -1.59. The molecule has 0 spiro atoms. The van der Waals surface area contributed by atoms with Crippen LogP contribution in [0, 0.1) is 0 Å². The van der Waals surface area contributed by atoms with Crippen molar-refractivity contribution in [2.24, 2.45) is 5.73 Å². The van der Waals surface area contributed by atoms with Crippen LogP contribution < -0.4 is 15.8 Å². The number of anilines is 1. The van der Waals surface area contributed by atoms with Gasteiger partial charge in [-0.3, -0.25) is 4.98 Å². The number of ether oxygens (including phenoxy) is 1. The molecule has 2 aromatic rings. The SMILES string of the molecule is COc1cccc(NC(CN)c2cncc(Br)c2)c1. The number of benzene rings is 1. The third-order valence-electron chi connectivity index (χ3n) is 2.77. The summed E-state index contributed by atoms with van der Waals surface area (Å²) >= 11 is 3.42. The van der Waals surface area contributed by atoms with E-state index < -0.39 is 0 Å². The second kappa shape index (κ2) is 6.54. The maximum absolute atomic E-state index is 5.84. The number of rotatable bonds is 5. The van der Waals surface area contributed by atoms with Gasteiger partial charge in [-0.1, -0.05) is 6.07 Å². The molecule has 100 valence electrons. The van der Waals surface area contributed by atoms with Crippen molar-refractivity contribution in [2.75, 3.05) is 19.0 Å². The lowest BCUT2D eigenvalue weighted by atomic mass is 10.1. The normalized spacial score (nSPS) is 11.9. The van der Waals surface area contributed by atoms with Gasteiger partial charge in [0.15, 0.2) is 0 Å². The maximum atomic E-state index is 5.84. The zero-order valence-corrected chi connectivity index (χ0v) is 12.2. The number of methoxy groups -OCH3 is 1. The summed E-state index contributed by atoms with van der Waals surface area (Å²) in [5.41, 5.74) is 7.85. The van der Waals surface area contributed by atoms with Crippen molar-refractivity contribution < 1.29 is 4.74 Å². The smallest absolute Gasteiger partial charge is 0.120 e. The predicted molar refractivity (Wildman–Crippen MR) is 80.3 cm³/mol. The summed E-state index contributed by atoms with van der Waals surface area (Å²) in [6.07, 6.45) is 3.57. The summed E-state index contributed by atoms with van der Waals surface area (Å²) in [5, 5.41) is 3.38. The Morgan fingerprint density at radius 2 is 2.21 bits per heavy atom. The van der Waals surface area contributed by atoms with Gasteiger partial charge >= 0.3 is 0 Å². The van der Waals surface area contributed by atoms with Crippen molar-refractivity contribution in [3.8, 4) is 5.75 Å². The molecule has 4 nitrogen and oxygen atoms in total. The quantitative estimate of drug-likeness (QED) is 0.888. The Labute approximate surface area is 121 Å². The van der Waals surface area contributed by atoms with Crippen LogP contribution in [0.4, 0.5) is 5.69 Å². The first-order chi connectivity index (χ1) is 9.22. The van der Waals surface area contributed by atoms with Gasteiger partial charge in [-0.25, -0.2) is 0 Å². The number of pyridine rings is 1. The van der Waals surface area contributed by atoms with Crippen molar-refractivity contribution >= 4 is 21.6 Å². The van der Waals surface area contributed by atoms with E-state index in [1.54, 1.807) is 13.3 Å². The monoisotopic (exact) mass is 321 g/mol. The molecule has 0 aliphatic heterocycles. The van der Waals surface area contributed by atoms with Gasteiger partial charge in [-0.15, -0.1) is 0 Å². The minimum Gasteiger partial charge on any atom is -0.497 e. The number of nitrogens with one attached hydrogen (secondary N) is 1. The molecule has 5 heteroatoms. The Kier molecular flexibility index (Phi) is 4.76. The van der Waals surface area contributed by atoms with Crippen LogP contribution in [-0.2, 0) is 0 Å². The fraction of sp³-hybridized carbons (Fsp3) is 0.214. The van der Waals surface area contributed by atoms with E-state index in [0.29, 0.717) is 6.54 Å². The lowest BCUT2D eigenvalue weighted by Crippen LogP contribution is -2.20. The van der Waals surface area contributed by atoms with Crippen LogP contribution in [0.1, 0.15) is 11.6 Å². The summed E-state index contributed by atoms with van der Waals surface area (Å²) in [4.78, 5) is 4.16. The Morgan fingerprint density at radius 3 is 2.89 bits per heavy atom. The first-order valence-electron chi connectivity index (χ1n) is 5.94. The fourth-order valence-electron chi connectivity index (χ4n) is 1.81. The lowest BCUT2D eigenvalue weighted by Gasteiger charge is -2.19. The van der Waals surface area contributed by atoms with Crippen molar-refractivity contribution in [1.29, 1.82) is 0 Å². The van der Waals surface area contributed by atoms with E-state index in [0.717, 1.165) is 21.5 Å². The molecule has 1 unspecified atom stereocenters. The van der Waals surface area contributed by atoms with Gasteiger partial charge in [0.1, 0.15) is 5.75 Å². The number of hydrogen-bond donors (Lipinski definition) is 2. The van der Waals surface area contributed by atoms with Crippen LogP contribution in [-0.4, -0.2) is 18.6 Å². The molecule has 0 bridgehead atoms. The summed E-state index contributed by atoms with van der Waals surface area (Å²) in [5.74, 6) is 0.813. The van der Waals surface area contributed by atoms with Crippen LogP contribution in [0.2, 0.25) is 0 Å². The van der Waals surface area contributed by atoms with Crippen LogP contribution in [0.25, 0.3) is 0 Å². The number of aromatic nitrogens is 1. The van der Waals surface area contributed by atoms with Crippen LogP contribution in [0.3, 0.4) is 0 Å². The molecule has 2 rings (SSSR count). The molecular formula is C14H16BrN3O. The topological polar surface area (TPSA) is 60.2 Å². The van der Waals surface area contributed by atoms with Crippen molar-refractivity contribution in [2.45, 2.75) is 6.04 Å². The molecule has 0 saturated heterocycles. The number of nitrogens with two attached hydrogens (primary N) is 1. The number of hydrogen-bond acceptors (Lipinski definition) is 4. The van der Waals surface area contributed by atoms with E-state index in [4.69, 9.17) is 10.5 Å². The highest BCUT2D eigenvalue weighted by atomic mass is 79.9. The molecule has 1 aromatic heterocycles. The molecule has 0 aliphatic rings. The summed E-state index contributed by atoms with van der Waals surface area (Å²) in [6.45, 7) is 0.481. The van der Waals surface area contributed by atoms with E-state index in [1.807, 2.05) is 36.5 Å². The fourth-order valence-corrected chi connectivity index (χ4v) is 2.19. The van der Waals surface area contributed by atoms with E-state index >= 15 is 0 Å². The van der Waals surface area contributed by atoms with Crippen LogP contribution >= 0.6 is 15.9 Å². The largest absolute Gasteiger partial charge is 0.497 e. The Morgan fingerprint density at radius 1 is 1.37 bits per heavy atom. The standard InChI is InChI=1S/C14H16BrN3O/c1-19-13-4-2-3-12(6-13)18-14(7-16)10-5-11(15)9-17-8-10/h2-6,8-9,14,18H,7,16H2,1H3. The Balaban J connectivity index is 2.18. The zero-order valence-electron chi connectivity index (χ0n) is 10.6. The van der Waals surface area contributed by atoms with Gasteiger partial charge < -0.3 is 15.8 Å². The van der Waals surface area contributed by atoms with E-state index in [2.05, 4.69) is 26.2 Å². The second-order valence-corrected chi connectivity index (χ2v) is 5.02. The molecule has 0 radical (unpaired) electrons. The predicted octanol–water partition coefficient (Wildman–Crippen LogP) is 2.96. The second-order valence-electron chi connectivity index (χ2n) is 4.10. The minimum absolute atomic E-state index is 0.0112. The highest BCUT2D eigenvalue weighted by Crippen LogP contribution is 2.23. The summed E-state index contributed by atoms with van der Waals surface area (Å²) < 4.78 is 6.14. The van der Waals surface area contributed by atoms with Crippen LogP contribution in [0.15, 0.2) is 47.2 Å². The summed E-state index contributed by atoms with van der Waals surface area (Å²) in [7, 11) is 1.65. The average Bonchev–Trinajstić information content (AvgIpc) is 2.45. The zero-order chi connectivity index (χ0) is 13.7. The van der Waals surface area contributed by atoms with Gasteiger partial charge in [-0.05, 0) is 39.7 Å². The molecular weight excluding hydrogens is 306 g/mol. The molecule has 0 saturated carbocycles. The third-order valence-corrected chi connectivity index (χ3v) is 3.21. The Bertz CT molecular complexity index is 548. The molecule has 19 heavy (non-hydrogen) atoms. The van der Waals surface area contributed by atoms with Crippen molar-refractivity contribution in [3.05, 3.63) is 52.8 Å². The van der Waals surface area contributed by atoms with Gasteiger partial charge in [0.25, 0.3) is 0 Å². The highest BCUT2D eigenvalue weighted by Gasteiger charge is 2.10. The molecule has 0 amide bonds. The molecule has 1 aromatic carbocycles. The van der Waals surface area contributed by atoms with Gasteiger partial charge in [0, 0.05) is 35.2 Å². The van der Waals surface area contributed by atoms with Gasteiger partial charge in [0.2, 0.25) is 0 Å². The molecule has 0 fully saturated rings. The van der Waals surface area contributed by atoms with Gasteiger partial charge in [0.05, 0.1) is 13.2 Å². The van der Waals surface area contributed by atoms with E-state index in [-0.39, 0.29) is 6.04 Å². The van der Waals surface area contributed by atoms with Gasteiger partial charge in [-0.2, -0.15) is 0 Å². The molecule has 0 aliphatic carbocycles. The summed E-state index contributed by atoms with van der Waals surface area (Å²) in [6, 6.07) is 9.79. The van der Waals surface area contributed by atoms with Crippen molar-refractivity contribution in [3.63, 3.8) is 0 Å². The van der Waals surface area contributed by atoms with Crippen LogP contribution in [0.5, 0.6) is 5.75 Å². The average molecular weight is 322 g/mol. The van der Waals surface area contributed by atoms with E-state index in [9.17, 15) is 0 Å². The first-order valence-corrected chi connectivity index (χ1v) is 6.73. The first kappa shape index (κ1) is 13.8. The third kappa shape index (κ3) is 3.68. The number of nitrogens with zero attached hydrogens (tertiary/aromatic N) is 1. The molecule has 3 N–H and O–H groups in total. The van der Waals surface area contributed by atoms with Crippen molar-refractivity contribution in [1.82, 2.24) is 4.98 Å². The highest BCUT2D eigenvalue weighted by molar-refractivity contribution is 9.10. The molecule has 1 atom stereocenters.